The van der Waals surface area contributed by atoms with Crippen molar-refractivity contribution in [2.75, 3.05) is 6.61 Å². The van der Waals surface area contributed by atoms with E-state index in [0.717, 1.165) is 6.42 Å². The van der Waals surface area contributed by atoms with Gasteiger partial charge in [-0.3, -0.25) is 0 Å². The highest BCUT2D eigenvalue weighted by atomic mass is 16.5. The number of rotatable bonds is 5. The predicted molar refractivity (Wildman–Crippen MR) is 70.5 cm³/mol. The van der Waals surface area contributed by atoms with Crippen LogP contribution >= 0.6 is 0 Å². The minimum atomic E-state index is -0.0792. The lowest BCUT2D eigenvalue weighted by Crippen LogP contribution is -2.22. The third-order valence-electron chi connectivity index (χ3n) is 2.90. The minimum Gasteiger partial charge on any atom is -0.508 e. The van der Waals surface area contributed by atoms with Gasteiger partial charge in [-0.2, -0.15) is 0 Å². The maximum absolute atomic E-state index is 9.40. The summed E-state index contributed by atoms with van der Waals surface area (Å²) < 4.78 is 10.8. The van der Waals surface area contributed by atoms with E-state index in [1.54, 1.807) is 0 Å². The van der Waals surface area contributed by atoms with Crippen LogP contribution in [0.25, 0.3) is 0 Å². The average molecular weight is 266 g/mol. The molecule has 104 valence electrons. The molecule has 0 saturated heterocycles. The maximum Gasteiger partial charge on any atom is 0.282 e. The fourth-order valence-electron chi connectivity index (χ4n) is 1.99. The van der Waals surface area contributed by atoms with Crippen molar-refractivity contribution in [3.63, 3.8) is 0 Å². The van der Waals surface area contributed by atoms with Gasteiger partial charge in [-0.05, 0) is 6.42 Å². The Morgan fingerprint density at radius 1 is 1.42 bits per heavy atom. The van der Waals surface area contributed by atoms with Crippen LogP contribution in [-0.4, -0.2) is 35.0 Å². The molecule has 1 aromatic carbocycles. The summed E-state index contributed by atoms with van der Waals surface area (Å²) >= 11 is 0. The van der Waals surface area contributed by atoms with E-state index in [9.17, 15) is 10.2 Å². The number of phenols is 2. The summed E-state index contributed by atoms with van der Waals surface area (Å²) in [4.78, 5) is 4.15. The summed E-state index contributed by atoms with van der Waals surface area (Å²) in [6, 6.07) is 4.39. The van der Waals surface area contributed by atoms with Gasteiger partial charge in [0.1, 0.15) is 30.0 Å². The van der Waals surface area contributed by atoms with E-state index >= 15 is 0 Å². The molecule has 19 heavy (non-hydrogen) atoms. The Bertz CT molecular complexity index is 455. The van der Waals surface area contributed by atoms with Gasteiger partial charge >= 0.3 is 0 Å². The molecule has 1 aliphatic rings. The molecule has 0 aliphatic carbocycles. The van der Waals surface area contributed by atoms with E-state index in [-0.39, 0.29) is 29.7 Å². The first-order valence-corrected chi connectivity index (χ1v) is 6.22. The van der Waals surface area contributed by atoms with Crippen LogP contribution in [-0.2, 0) is 4.74 Å². The van der Waals surface area contributed by atoms with Gasteiger partial charge in [0.15, 0.2) is 0 Å². The second-order valence-corrected chi connectivity index (χ2v) is 4.50. The van der Waals surface area contributed by atoms with Crippen molar-refractivity contribution >= 4 is 6.02 Å². The molecule has 2 atom stereocenters. The molecule has 0 amide bonds. The topological polar surface area (TPSA) is 97.3 Å². The standard InChI is InChI=1S/C13H18N2O4/c1-2-11(3-8-7-18-13(14)15-8)19-12-5-9(16)4-10(17)6-12/h4-6,8,11,16-17H,2-3,7H2,1H3,(H2,14,15). The van der Waals surface area contributed by atoms with E-state index < -0.39 is 0 Å². The van der Waals surface area contributed by atoms with Crippen LogP contribution in [0.1, 0.15) is 19.8 Å². The predicted octanol–water partition coefficient (Wildman–Crippen LogP) is 1.36. The number of phenolic OH excluding ortho intramolecular Hbond substituents is 2. The van der Waals surface area contributed by atoms with Crippen molar-refractivity contribution in [3.05, 3.63) is 18.2 Å². The first-order valence-electron chi connectivity index (χ1n) is 6.22. The smallest absolute Gasteiger partial charge is 0.282 e. The number of ether oxygens (including phenoxy) is 2. The lowest BCUT2D eigenvalue weighted by molar-refractivity contribution is 0.167. The Morgan fingerprint density at radius 3 is 2.63 bits per heavy atom. The Hall–Kier alpha value is -2.11. The van der Waals surface area contributed by atoms with Crippen molar-refractivity contribution in [2.45, 2.75) is 31.9 Å². The molecule has 0 fully saturated rings. The van der Waals surface area contributed by atoms with Gasteiger partial charge < -0.3 is 25.4 Å². The molecule has 0 bridgehead atoms. The Balaban J connectivity index is 1.98. The molecule has 0 aromatic heterocycles. The van der Waals surface area contributed by atoms with Crippen LogP contribution in [0.15, 0.2) is 23.2 Å². The molecule has 1 aromatic rings. The van der Waals surface area contributed by atoms with Crippen LogP contribution in [0.2, 0.25) is 0 Å². The van der Waals surface area contributed by atoms with Crippen molar-refractivity contribution in [2.24, 2.45) is 10.7 Å². The number of benzene rings is 1. The summed E-state index contributed by atoms with van der Waals surface area (Å²) in [5, 5.41) is 18.8. The zero-order chi connectivity index (χ0) is 13.8. The first-order chi connectivity index (χ1) is 9.06. The number of aliphatic imine (C=N–C) groups is 1. The molecule has 1 heterocycles. The quantitative estimate of drug-likeness (QED) is 0.747. The van der Waals surface area contributed by atoms with E-state index in [1.807, 2.05) is 6.92 Å². The highest BCUT2D eigenvalue weighted by Crippen LogP contribution is 2.27. The summed E-state index contributed by atoms with van der Waals surface area (Å²) in [5.41, 5.74) is 5.46. The summed E-state index contributed by atoms with van der Waals surface area (Å²) in [6.45, 7) is 2.47. The van der Waals surface area contributed by atoms with Crippen LogP contribution in [0.3, 0.4) is 0 Å². The summed E-state index contributed by atoms with van der Waals surface area (Å²) in [6.07, 6.45) is 1.38. The van der Waals surface area contributed by atoms with Crippen molar-refractivity contribution in [1.29, 1.82) is 0 Å². The molecule has 4 N–H and O–H groups in total. The molecule has 0 spiro atoms. The van der Waals surface area contributed by atoms with Crippen LogP contribution < -0.4 is 10.5 Å². The Labute approximate surface area is 111 Å². The fourth-order valence-corrected chi connectivity index (χ4v) is 1.99. The van der Waals surface area contributed by atoms with Gasteiger partial charge in [0, 0.05) is 24.6 Å². The number of amidine groups is 1. The van der Waals surface area contributed by atoms with Crippen molar-refractivity contribution < 1.29 is 19.7 Å². The molecule has 6 heteroatoms. The lowest BCUT2D eigenvalue weighted by atomic mass is 10.1. The zero-order valence-corrected chi connectivity index (χ0v) is 10.7. The monoisotopic (exact) mass is 266 g/mol. The van der Waals surface area contributed by atoms with E-state index in [2.05, 4.69) is 4.99 Å². The number of hydrogen-bond donors (Lipinski definition) is 3. The van der Waals surface area contributed by atoms with Crippen molar-refractivity contribution in [3.8, 4) is 17.2 Å². The zero-order valence-electron chi connectivity index (χ0n) is 10.7. The number of nitrogens with zero attached hydrogens (tertiary/aromatic N) is 1. The van der Waals surface area contributed by atoms with E-state index in [4.69, 9.17) is 15.2 Å². The Morgan fingerprint density at radius 2 is 2.11 bits per heavy atom. The molecule has 6 nitrogen and oxygen atoms in total. The third-order valence-corrected chi connectivity index (χ3v) is 2.90. The van der Waals surface area contributed by atoms with Gasteiger partial charge in [-0.25, -0.2) is 4.99 Å². The van der Waals surface area contributed by atoms with Crippen LogP contribution in [0, 0.1) is 0 Å². The largest absolute Gasteiger partial charge is 0.508 e. The normalized spacial score (nSPS) is 19.6. The first kappa shape index (κ1) is 13.3. The molecule has 1 aliphatic heterocycles. The highest BCUT2D eigenvalue weighted by Gasteiger charge is 2.22. The number of aromatic hydroxyl groups is 2. The molecule has 0 radical (unpaired) electrons. The number of hydrogen-bond acceptors (Lipinski definition) is 6. The van der Waals surface area contributed by atoms with Crippen LogP contribution in [0.4, 0.5) is 0 Å². The summed E-state index contributed by atoms with van der Waals surface area (Å²) in [7, 11) is 0. The van der Waals surface area contributed by atoms with Crippen molar-refractivity contribution in [1.82, 2.24) is 0 Å². The third kappa shape index (κ3) is 3.67. The van der Waals surface area contributed by atoms with E-state index in [1.165, 1.54) is 18.2 Å². The van der Waals surface area contributed by atoms with E-state index in [0.29, 0.717) is 18.8 Å². The Kier molecular flexibility index (Phi) is 3.99. The summed E-state index contributed by atoms with van der Waals surface area (Å²) in [5.74, 6) is 0.368. The molecular formula is C13H18N2O4. The molecule has 2 unspecified atom stereocenters. The second-order valence-electron chi connectivity index (χ2n) is 4.50. The second kappa shape index (κ2) is 5.69. The minimum absolute atomic E-state index is 0.00384. The van der Waals surface area contributed by atoms with Gasteiger partial charge in [0.25, 0.3) is 6.02 Å². The van der Waals surface area contributed by atoms with Gasteiger partial charge in [-0.1, -0.05) is 6.92 Å². The molecular weight excluding hydrogens is 248 g/mol. The molecule has 0 saturated carbocycles. The van der Waals surface area contributed by atoms with Gasteiger partial charge in [0.05, 0.1) is 6.04 Å². The van der Waals surface area contributed by atoms with Gasteiger partial charge in [-0.15, -0.1) is 0 Å². The SMILES string of the molecule is CCC(CC1COC(N)=N1)Oc1cc(O)cc(O)c1. The maximum atomic E-state index is 9.40. The lowest BCUT2D eigenvalue weighted by Gasteiger charge is -2.19. The molecule has 2 rings (SSSR count). The highest BCUT2D eigenvalue weighted by molar-refractivity contribution is 5.73. The number of nitrogens with two attached hydrogens (primary N) is 1. The average Bonchev–Trinajstić information content (AvgIpc) is 2.72. The van der Waals surface area contributed by atoms with Crippen LogP contribution in [0.5, 0.6) is 17.2 Å². The fraction of sp³-hybridized carbons (Fsp3) is 0.462. The van der Waals surface area contributed by atoms with Gasteiger partial charge in [0.2, 0.25) is 0 Å².